The lowest BCUT2D eigenvalue weighted by atomic mass is 9.73. The molecule has 1 fully saturated rings. The zero-order valence-electron chi connectivity index (χ0n) is 7.91. The third kappa shape index (κ3) is 1.62. The minimum Gasteiger partial charge on any atom is -0.480 e. The molecule has 1 unspecified atom stereocenters. The van der Waals surface area contributed by atoms with Crippen LogP contribution in [0.2, 0.25) is 0 Å². The smallest absolute Gasteiger partial charge is 0.323 e. The number of methoxy groups -OCH3 is 1. The fraction of sp³-hybridized carbons (Fsp3) is 0.667. The van der Waals surface area contributed by atoms with Gasteiger partial charge in [0.2, 0.25) is 0 Å². The number of carbonyl (C=O) groups excluding carboxylic acids is 2. The molecule has 0 aromatic rings. The number of hydrogen-bond acceptors (Lipinski definition) is 4. The summed E-state index contributed by atoms with van der Waals surface area (Å²) in [5, 5.41) is 8.96. The summed E-state index contributed by atoms with van der Waals surface area (Å²) in [7, 11) is 1.13. The Hall–Kier alpha value is -1.39. The molecule has 14 heavy (non-hydrogen) atoms. The van der Waals surface area contributed by atoms with Gasteiger partial charge < -0.3 is 9.84 Å². The van der Waals surface area contributed by atoms with E-state index in [2.05, 4.69) is 4.74 Å². The van der Waals surface area contributed by atoms with E-state index < -0.39 is 17.4 Å². The van der Waals surface area contributed by atoms with Crippen molar-refractivity contribution in [3.63, 3.8) is 0 Å². The number of carbonyl (C=O) groups is 3. The Morgan fingerprint density at radius 1 is 1.50 bits per heavy atom. The molecule has 0 heterocycles. The number of ketones is 1. The number of rotatable bonds is 2. The molecule has 5 heteroatoms. The second-order valence-corrected chi connectivity index (χ2v) is 3.45. The van der Waals surface area contributed by atoms with Gasteiger partial charge in [0.25, 0.3) is 0 Å². The minimum atomic E-state index is -1.63. The van der Waals surface area contributed by atoms with Crippen molar-refractivity contribution in [2.45, 2.75) is 25.7 Å². The number of carboxylic acid groups (broad SMARTS) is 1. The third-order valence-electron chi connectivity index (χ3n) is 2.54. The van der Waals surface area contributed by atoms with Gasteiger partial charge in [-0.05, 0) is 12.8 Å². The molecule has 5 nitrogen and oxygen atoms in total. The van der Waals surface area contributed by atoms with Gasteiger partial charge in [-0.1, -0.05) is 0 Å². The van der Waals surface area contributed by atoms with Crippen molar-refractivity contribution in [3.8, 4) is 0 Å². The number of Topliss-reactive ketones (excluding diaryl/α,β-unsaturated/α-hetero) is 1. The molecule has 0 radical (unpaired) electrons. The Bertz CT molecular complexity index is 283. The average Bonchev–Trinajstić information content (AvgIpc) is 2.16. The number of esters is 1. The summed E-state index contributed by atoms with van der Waals surface area (Å²) >= 11 is 0. The number of aliphatic carboxylic acids is 1. The maximum atomic E-state index is 11.3. The van der Waals surface area contributed by atoms with Gasteiger partial charge in [0.05, 0.1) is 7.11 Å². The molecule has 1 atom stereocenters. The van der Waals surface area contributed by atoms with Crippen LogP contribution in [0.3, 0.4) is 0 Å². The molecule has 0 aromatic heterocycles. The predicted molar refractivity (Wildman–Crippen MR) is 45.6 cm³/mol. The first-order valence-electron chi connectivity index (χ1n) is 4.36. The fourth-order valence-corrected chi connectivity index (χ4v) is 1.74. The van der Waals surface area contributed by atoms with Crippen molar-refractivity contribution >= 4 is 17.7 Å². The van der Waals surface area contributed by atoms with Crippen molar-refractivity contribution in [3.05, 3.63) is 0 Å². The molecular weight excluding hydrogens is 188 g/mol. The Morgan fingerprint density at radius 3 is 2.57 bits per heavy atom. The highest BCUT2D eigenvalue weighted by Crippen LogP contribution is 2.35. The van der Waals surface area contributed by atoms with Gasteiger partial charge in [-0.25, -0.2) is 0 Å². The second kappa shape index (κ2) is 3.77. The summed E-state index contributed by atoms with van der Waals surface area (Å²) in [6.45, 7) is 0. The second-order valence-electron chi connectivity index (χ2n) is 3.45. The van der Waals surface area contributed by atoms with E-state index in [4.69, 9.17) is 5.11 Å². The van der Waals surface area contributed by atoms with E-state index in [1.54, 1.807) is 0 Å². The molecule has 0 aromatic carbocycles. The molecule has 0 saturated heterocycles. The average molecular weight is 200 g/mol. The SMILES string of the molecule is COC(=O)C1(C(=O)O)CCCC(=O)C1. The fourth-order valence-electron chi connectivity index (χ4n) is 1.74. The van der Waals surface area contributed by atoms with E-state index in [0.29, 0.717) is 12.8 Å². The molecule has 1 saturated carbocycles. The molecule has 1 rings (SSSR count). The molecule has 1 N–H and O–H groups in total. The van der Waals surface area contributed by atoms with Gasteiger partial charge in [-0.3, -0.25) is 14.4 Å². The summed E-state index contributed by atoms with van der Waals surface area (Å²) < 4.78 is 4.43. The molecule has 78 valence electrons. The van der Waals surface area contributed by atoms with Crippen LogP contribution in [-0.2, 0) is 19.1 Å². The molecular formula is C9H12O5. The summed E-state index contributed by atoms with van der Waals surface area (Å²) in [6, 6.07) is 0. The van der Waals surface area contributed by atoms with Crippen molar-refractivity contribution in [1.82, 2.24) is 0 Å². The first-order chi connectivity index (χ1) is 6.53. The number of ether oxygens (including phenoxy) is 1. The van der Waals surface area contributed by atoms with Crippen LogP contribution in [0.5, 0.6) is 0 Å². The van der Waals surface area contributed by atoms with Crippen LogP contribution in [0.25, 0.3) is 0 Å². The van der Waals surface area contributed by atoms with E-state index in [1.807, 2.05) is 0 Å². The first kappa shape index (κ1) is 10.7. The normalized spacial score (nSPS) is 27.1. The van der Waals surface area contributed by atoms with E-state index in [1.165, 1.54) is 0 Å². The largest absolute Gasteiger partial charge is 0.480 e. The Labute approximate surface area is 81.0 Å². The van der Waals surface area contributed by atoms with Gasteiger partial charge >= 0.3 is 11.9 Å². The van der Waals surface area contributed by atoms with Crippen molar-refractivity contribution in [2.75, 3.05) is 7.11 Å². The maximum Gasteiger partial charge on any atom is 0.323 e. The monoisotopic (exact) mass is 200 g/mol. The molecule has 0 spiro atoms. The van der Waals surface area contributed by atoms with Crippen LogP contribution < -0.4 is 0 Å². The lowest BCUT2D eigenvalue weighted by Gasteiger charge is -2.29. The van der Waals surface area contributed by atoms with Gasteiger partial charge in [0, 0.05) is 12.8 Å². The number of carboxylic acids is 1. The van der Waals surface area contributed by atoms with Gasteiger partial charge in [-0.15, -0.1) is 0 Å². The van der Waals surface area contributed by atoms with Crippen molar-refractivity contribution in [2.24, 2.45) is 5.41 Å². The predicted octanol–water partition coefficient (Wildman–Crippen LogP) is 0.373. The van der Waals surface area contributed by atoms with Crippen LogP contribution in [0, 0.1) is 5.41 Å². The lowest BCUT2D eigenvalue weighted by Crippen LogP contribution is -2.44. The zero-order chi connectivity index (χ0) is 10.8. The highest BCUT2D eigenvalue weighted by Gasteiger charge is 2.50. The van der Waals surface area contributed by atoms with E-state index in [9.17, 15) is 14.4 Å². The molecule has 0 bridgehead atoms. The Kier molecular flexibility index (Phi) is 2.88. The topological polar surface area (TPSA) is 80.7 Å². The van der Waals surface area contributed by atoms with Gasteiger partial charge in [0.1, 0.15) is 5.78 Å². The zero-order valence-corrected chi connectivity index (χ0v) is 7.91. The van der Waals surface area contributed by atoms with Crippen molar-refractivity contribution < 1.29 is 24.2 Å². The van der Waals surface area contributed by atoms with Gasteiger partial charge in [0.15, 0.2) is 5.41 Å². The Morgan fingerprint density at radius 2 is 2.14 bits per heavy atom. The lowest BCUT2D eigenvalue weighted by molar-refractivity contribution is -0.171. The van der Waals surface area contributed by atoms with Crippen LogP contribution >= 0.6 is 0 Å². The maximum absolute atomic E-state index is 11.3. The van der Waals surface area contributed by atoms with Crippen LogP contribution in [-0.4, -0.2) is 29.9 Å². The van der Waals surface area contributed by atoms with E-state index in [-0.39, 0.29) is 18.6 Å². The highest BCUT2D eigenvalue weighted by atomic mass is 16.5. The van der Waals surface area contributed by atoms with Crippen LogP contribution in [0.1, 0.15) is 25.7 Å². The summed E-state index contributed by atoms with van der Waals surface area (Å²) in [4.78, 5) is 33.4. The van der Waals surface area contributed by atoms with Crippen molar-refractivity contribution in [1.29, 1.82) is 0 Å². The minimum absolute atomic E-state index is 0.181. The van der Waals surface area contributed by atoms with E-state index >= 15 is 0 Å². The third-order valence-corrected chi connectivity index (χ3v) is 2.54. The summed E-state index contributed by atoms with van der Waals surface area (Å²) in [5.74, 6) is -2.28. The van der Waals surface area contributed by atoms with Crippen LogP contribution in [0.4, 0.5) is 0 Å². The molecule has 0 amide bonds. The highest BCUT2D eigenvalue weighted by molar-refractivity contribution is 6.03. The standard InChI is InChI=1S/C9H12O5/c1-14-8(13)9(7(11)12)4-2-3-6(10)5-9/h2-5H2,1H3,(H,11,12). The Balaban J connectivity index is 2.97. The molecule has 0 aliphatic heterocycles. The molecule has 1 aliphatic rings. The quantitative estimate of drug-likeness (QED) is 0.514. The van der Waals surface area contributed by atoms with Crippen LogP contribution in [0.15, 0.2) is 0 Å². The number of hydrogen-bond donors (Lipinski definition) is 1. The van der Waals surface area contributed by atoms with Gasteiger partial charge in [-0.2, -0.15) is 0 Å². The summed E-state index contributed by atoms with van der Waals surface area (Å²) in [6.07, 6.45) is 0.724. The van der Waals surface area contributed by atoms with E-state index in [0.717, 1.165) is 7.11 Å². The summed E-state index contributed by atoms with van der Waals surface area (Å²) in [5.41, 5.74) is -1.63. The first-order valence-corrected chi connectivity index (χ1v) is 4.36. The molecule has 1 aliphatic carbocycles.